The highest BCUT2D eigenvalue weighted by Crippen LogP contribution is 2.31. The molecule has 0 fully saturated rings. The summed E-state index contributed by atoms with van der Waals surface area (Å²) in [5.74, 6) is 2.11. The Kier molecular flexibility index (Phi) is 6.75. The summed E-state index contributed by atoms with van der Waals surface area (Å²) in [6, 6.07) is 23.1. The molecule has 3 aromatic carbocycles. The highest BCUT2D eigenvalue weighted by atomic mass is 32.1. The average molecular weight is 461 g/mol. The molecule has 0 spiro atoms. The SMILES string of the molecule is COc1cccc(NC(=S)Nc2ccc(-n3ccc(-c4ccc(OC)c(OC)c4)n3)cc2)c1. The average Bonchev–Trinajstić information content (AvgIpc) is 3.34. The van der Waals surface area contributed by atoms with Crippen molar-refractivity contribution in [1.82, 2.24) is 9.78 Å². The fourth-order valence-corrected chi connectivity index (χ4v) is 3.54. The van der Waals surface area contributed by atoms with Crippen LogP contribution in [0, 0.1) is 0 Å². The number of ether oxygens (including phenoxy) is 3. The Bertz CT molecular complexity index is 1250. The third-order valence-corrected chi connectivity index (χ3v) is 5.19. The third kappa shape index (κ3) is 5.24. The van der Waals surface area contributed by atoms with Crippen molar-refractivity contribution in [2.45, 2.75) is 0 Å². The predicted octanol–water partition coefficient (Wildman–Crippen LogP) is 5.37. The van der Waals surface area contributed by atoms with E-state index in [1.54, 1.807) is 21.3 Å². The first-order chi connectivity index (χ1) is 16.1. The molecule has 7 nitrogen and oxygen atoms in total. The van der Waals surface area contributed by atoms with Crippen LogP contribution in [0.1, 0.15) is 0 Å². The van der Waals surface area contributed by atoms with Gasteiger partial charge in [0.05, 0.1) is 32.7 Å². The molecule has 0 radical (unpaired) electrons. The van der Waals surface area contributed by atoms with E-state index in [1.807, 2.05) is 83.7 Å². The van der Waals surface area contributed by atoms with Gasteiger partial charge in [-0.3, -0.25) is 0 Å². The standard InChI is InChI=1S/C25H24N4O3S/c1-30-21-6-4-5-19(16-21)27-25(33)26-18-8-10-20(11-9-18)29-14-13-22(28-29)17-7-12-23(31-2)24(15-17)32-3/h4-16H,1-3H3,(H2,26,27,33). The molecule has 1 heterocycles. The third-order valence-electron chi connectivity index (χ3n) is 4.99. The van der Waals surface area contributed by atoms with Gasteiger partial charge in [-0.2, -0.15) is 5.10 Å². The minimum absolute atomic E-state index is 0.492. The zero-order chi connectivity index (χ0) is 23.2. The fourth-order valence-electron chi connectivity index (χ4n) is 3.31. The van der Waals surface area contributed by atoms with Gasteiger partial charge in [-0.15, -0.1) is 0 Å². The molecule has 0 saturated heterocycles. The normalized spacial score (nSPS) is 10.4. The highest BCUT2D eigenvalue weighted by molar-refractivity contribution is 7.80. The fraction of sp³-hybridized carbons (Fsp3) is 0.120. The summed E-state index contributed by atoms with van der Waals surface area (Å²) in [6.07, 6.45) is 1.92. The topological polar surface area (TPSA) is 69.6 Å². The van der Waals surface area contributed by atoms with Crippen LogP contribution in [0.5, 0.6) is 17.2 Å². The van der Waals surface area contributed by atoms with E-state index < -0.39 is 0 Å². The molecule has 0 saturated carbocycles. The van der Waals surface area contributed by atoms with Gasteiger partial charge in [-0.05, 0) is 72.9 Å². The van der Waals surface area contributed by atoms with E-state index >= 15 is 0 Å². The summed E-state index contributed by atoms with van der Waals surface area (Å²) in [5.41, 5.74) is 4.42. The van der Waals surface area contributed by atoms with Crippen LogP contribution in [0.15, 0.2) is 79.0 Å². The van der Waals surface area contributed by atoms with Gasteiger partial charge in [-0.25, -0.2) is 4.68 Å². The van der Waals surface area contributed by atoms with Gasteiger partial charge >= 0.3 is 0 Å². The van der Waals surface area contributed by atoms with Crippen LogP contribution in [-0.4, -0.2) is 36.2 Å². The number of nitrogens with zero attached hydrogens (tertiary/aromatic N) is 2. The number of benzene rings is 3. The van der Waals surface area contributed by atoms with Gasteiger partial charge in [0.25, 0.3) is 0 Å². The Morgan fingerprint density at radius 1 is 0.788 bits per heavy atom. The van der Waals surface area contributed by atoms with E-state index in [4.69, 9.17) is 31.5 Å². The van der Waals surface area contributed by atoms with Gasteiger partial charge in [0, 0.05) is 29.2 Å². The largest absolute Gasteiger partial charge is 0.497 e. The van der Waals surface area contributed by atoms with Crippen molar-refractivity contribution >= 4 is 28.7 Å². The first kappa shape index (κ1) is 22.2. The monoisotopic (exact) mass is 460 g/mol. The summed E-state index contributed by atoms with van der Waals surface area (Å²) in [5, 5.41) is 11.5. The van der Waals surface area contributed by atoms with Crippen molar-refractivity contribution in [3.8, 4) is 34.2 Å². The molecule has 1 aromatic heterocycles. The lowest BCUT2D eigenvalue weighted by molar-refractivity contribution is 0.355. The van der Waals surface area contributed by atoms with Gasteiger partial charge in [0.15, 0.2) is 16.6 Å². The van der Waals surface area contributed by atoms with Crippen LogP contribution in [0.3, 0.4) is 0 Å². The van der Waals surface area contributed by atoms with E-state index in [9.17, 15) is 0 Å². The van der Waals surface area contributed by atoms with Crippen molar-refractivity contribution in [3.05, 3.63) is 79.0 Å². The predicted molar refractivity (Wildman–Crippen MR) is 135 cm³/mol. The van der Waals surface area contributed by atoms with Gasteiger partial charge < -0.3 is 24.8 Å². The number of aromatic nitrogens is 2. The Morgan fingerprint density at radius 3 is 2.27 bits per heavy atom. The van der Waals surface area contributed by atoms with Gasteiger partial charge in [-0.1, -0.05) is 6.07 Å². The number of thiocarbonyl (C=S) groups is 1. The van der Waals surface area contributed by atoms with E-state index in [0.717, 1.165) is 34.1 Å². The zero-order valence-electron chi connectivity index (χ0n) is 18.5. The minimum Gasteiger partial charge on any atom is -0.497 e. The maximum atomic E-state index is 5.42. The number of rotatable bonds is 7. The molecule has 0 atom stereocenters. The van der Waals surface area contributed by atoms with E-state index in [0.29, 0.717) is 16.6 Å². The molecule has 168 valence electrons. The highest BCUT2D eigenvalue weighted by Gasteiger charge is 2.09. The zero-order valence-corrected chi connectivity index (χ0v) is 19.3. The second-order valence-electron chi connectivity index (χ2n) is 7.07. The van der Waals surface area contributed by atoms with Crippen LogP contribution in [0.2, 0.25) is 0 Å². The molecule has 4 aromatic rings. The Balaban J connectivity index is 1.43. The maximum absolute atomic E-state index is 5.42. The second-order valence-corrected chi connectivity index (χ2v) is 7.48. The number of methoxy groups -OCH3 is 3. The molecule has 0 aliphatic carbocycles. The van der Waals surface area contributed by atoms with Crippen molar-refractivity contribution in [3.63, 3.8) is 0 Å². The quantitative estimate of drug-likeness (QED) is 0.359. The van der Waals surface area contributed by atoms with Gasteiger partial charge in [0.2, 0.25) is 0 Å². The first-order valence-electron chi connectivity index (χ1n) is 10.2. The maximum Gasteiger partial charge on any atom is 0.175 e. The molecule has 2 N–H and O–H groups in total. The number of nitrogens with one attached hydrogen (secondary N) is 2. The molecule has 0 bridgehead atoms. The van der Waals surface area contributed by atoms with E-state index in [1.165, 1.54) is 0 Å². The lowest BCUT2D eigenvalue weighted by atomic mass is 10.1. The molecule has 0 amide bonds. The van der Waals surface area contributed by atoms with E-state index in [2.05, 4.69) is 10.6 Å². The van der Waals surface area contributed by atoms with Crippen LogP contribution < -0.4 is 24.8 Å². The minimum atomic E-state index is 0.492. The van der Waals surface area contributed by atoms with Crippen LogP contribution in [0.4, 0.5) is 11.4 Å². The molecule has 33 heavy (non-hydrogen) atoms. The lowest BCUT2D eigenvalue weighted by Gasteiger charge is -2.12. The molecule has 4 rings (SSSR count). The smallest absolute Gasteiger partial charge is 0.175 e. The summed E-state index contributed by atoms with van der Waals surface area (Å²) in [7, 11) is 4.87. The molecular formula is C25H24N4O3S. The summed E-state index contributed by atoms with van der Waals surface area (Å²) in [4.78, 5) is 0. The Hall–Kier alpha value is -4.04. The second kappa shape index (κ2) is 10.1. The summed E-state index contributed by atoms with van der Waals surface area (Å²) < 4.78 is 17.8. The Labute approximate surface area is 197 Å². The summed E-state index contributed by atoms with van der Waals surface area (Å²) in [6.45, 7) is 0. The van der Waals surface area contributed by atoms with Crippen LogP contribution in [-0.2, 0) is 0 Å². The Morgan fingerprint density at radius 2 is 1.55 bits per heavy atom. The van der Waals surface area contributed by atoms with Crippen molar-refractivity contribution in [1.29, 1.82) is 0 Å². The molecule has 8 heteroatoms. The molecule has 0 aliphatic heterocycles. The van der Waals surface area contributed by atoms with Gasteiger partial charge in [0.1, 0.15) is 5.75 Å². The van der Waals surface area contributed by atoms with Crippen LogP contribution >= 0.6 is 12.2 Å². The molecular weight excluding hydrogens is 436 g/mol. The van der Waals surface area contributed by atoms with Crippen LogP contribution in [0.25, 0.3) is 16.9 Å². The van der Waals surface area contributed by atoms with E-state index in [-0.39, 0.29) is 0 Å². The van der Waals surface area contributed by atoms with Crippen molar-refractivity contribution in [2.75, 3.05) is 32.0 Å². The number of anilines is 2. The van der Waals surface area contributed by atoms with Crippen molar-refractivity contribution in [2.24, 2.45) is 0 Å². The number of hydrogen-bond donors (Lipinski definition) is 2. The number of hydrogen-bond acceptors (Lipinski definition) is 5. The molecule has 0 aliphatic rings. The summed E-state index contributed by atoms with van der Waals surface area (Å²) >= 11 is 5.42. The first-order valence-corrected chi connectivity index (χ1v) is 10.6. The molecule has 0 unspecified atom stereocenters. The lowest BCUT2D eigenvalue weighted by Crippen LogP contribution is -2.19. The van der Waals surface area contributed by atoms with Crippen molar-refractivity contribution < 1.29 is 14.2 Å².